The predicted molar refractivity (Wildman–Crippen MR) is 220 cm³/mol. The summed E-state index contributed by atoms with van der Waals surface area (Å²) >= 11 is 0. The smallest absolute Gasteiger partial charge is 0.261 e. The highest BCUT2D eigenvalue weighted by Crippen LogP contribution is 2.31. The van der Waals surface area contributed by atoms with Gasteiger partial charge in [-0.15, -0.1) is 0 Å². The summed E-state index contributed by atoms with van der Waals surface area (Å²) in [5, 5.41) is 2.00. The van der Waals surface area contributed by atoms with Gasteiger partial charge in [-0.2, -0.15) is 8.42 Å². The van der Waals surface area contributed by atoms with E-state index in [2.05, 4.69) is 12.1 Å². The minimum absolute atomic E-state index is 0.0183. The predicted octanol–water partition coefficient (Wildman–Crippen LogP) is 11.3. The van der Waals surface area contributed by atoms with E-state index in [1.165, 1.54) is 11.1 Å². The minimum Gasteiger partial charge on any atom is -0.457 e. The van der Waals surface area contributed by atoms with E-state index in [0.29, 0.717) is 51.5 Å². The van der Waals surface area contributed by atoms with Crippen LogP contribution in [0.2, 0.25) is 0 Å². The quantitative estimate of drug-likeness (QED) is 0.110. The summed E-state index contributed by atoms with van der Waals surface area (Å²) in [5.41, 5.74) is 6.06. The monoisotopic (exact) mass is 750 g/mol. The fourth-order valence-corrected chi connectivity index (χ4v) is 5.59. The van der Waals surface area contributed by atoms with Crippen molar-refractivity contribution in [1.29, 1.82) is 0 Å². The van der Waals surface area contributed by atoms with Crippen LogP contribution in [-0.2, 0) is 16.5 Å². The van der Waals surface area contributed by atoms with E-state index in [1.54, 1.807) is 24.3 Å². The average Bonchev–Trinajstić information content (AvgIpc) is 3.19. The molecule has 0 radical (unpaired) electrons. The van der Waals surface area contributed by atoms with Gasteiger partial charge < -0.3 is 9.47 Å². The van der Waals surface area contributed by atoms with Gasteiger partial charge in [0.1, 0.15) is 23.0 Å². The number of rotatable bonds is 10. The molecule has 0 spiro atoms. The van der Waals surface area contributed by atoms with Crippen LogP contribution in [0.1, 0.15) is 62.4 Å². The molecule has 0 saturated carbocycles. The zero-order chi connectivity index (χ0) is 39.4. The molecular formula is C47H42O7S. The van der Waals surface area contributed by atoms with Crippen molar-refractivity contribution in [1.82, 2.24) is 0 Å². The largest absolute Gasteiger partial charge is 0.457 e. The van der Waals surface area contributed by atoms with Gasteiger partial charge in [-0.25, -0.2) is 0 Å². The summed E-state index contributed by atoms with van der Waals surface area (Å²) in [6.07, 6.45) is 1.55. The Bertz CT molecular complexity index is 2450. The molecule has 0 aliphatic carbocycles. The van der Waals surface area contributed by atoms with Crippen molar-refractivity contribution >= 4 is 32.5 Å². The summed E-state index contributed by atoms with van der Waals surface area (Å²) in [4.78, 5) is 25.9. The van der Waals surface area contributed by atoms with Crippen LogP contribution in [-0.4, -0.2) is 30.8 Å². The molecule has 0 aliphatic heterocycles. The van der Waals surface area contributed by atoms with Gasteiger partial charge in [-0.3, -0.25) is 14.1 Å². The number of benzene rings is 7. The lowest BCUT2D eigenvalue weighted by Gasteiger charge is -2.10. The van der Waals surface area contributed by atoms with E-state index in [0.717, 1.165) is 22.8 Å². The second-order valence-corrected chi connectivity index (χ2v) is 14.0. The van der Waals surface area contributed by atoms with Gasteiger partial charge in [-0.1, -0.05) is 110 Å². The van der Waals surface area contributed by atoms with Crippen LogP contribution < -0.4 is 9.47 Å². The molecule has 7 aromatic carbocycles. The SMILES string of the molecule is CC.CS(=O)(=O)O.Cc1ccc(C(=O)c2ccc(Oc3ccc4cc(Oc5ccc(C(=O)c6ccc(Cc7ccccc7)cc6)cc5)ccc4c3)cc2)cc1. The van der Waals surface area contributed by atoms with E-state index < -0.39 is 10.1 Å². The van der Waals surface area contributed by atoms with E-state index in [-0.39, 0.29) is 11.6 Å². The van der Waals surface area contributed by atoms with Gasteiger partial charge in [0.25, 0.3) is 10.1 Å². The highest BCUT2D eigenvalue weighted by Gasteiger charge is 2.12. The third-order valence-electron chi connectivity index (χ3n) is 8.27. The molecule has 7 rings (SSSR count). The van der Waals surface area contributed by atoms with Crippen LogP contribution in [0.3, 0.4) is 0 Å². The van der Waals surface area contributed by atoms with Crippen molar-refractivity contribution in [3.63, 3.8) is 0 Å². The van der Waals surface area contributed by atoms with Crippen molar-refractivity contribution in [3.8, 4) is 23.0 Å². The second-order valence-electron chi connectivity index (χ2n) is 12.5. The molecule has 0 heterocycles. The van der Waals surface area contributed by atoms with E-state index >= 15 is 0 Å². The first-order valence-electron chi connectivity index (χ1n) is 17.8. The molecule has 7 nitrogen and oxygen atoms in total. The normalized spacial score (nSPS) is 10.6. The maximum atomic E-state index is 13.1. The zero-order valence-electron chi connectivity index (χ0n) is 31.1. The molecule has 0 aliphatic rings. The minimum atomic E-state index is -3.67. The Morgan fingerprint density at radius 2 is 0.818 bits per heavy atom. The maximum Gasteiger partial charge on any atom is 0.261 e. The topological polar surface area (TPSA) is 107 Å². The molecule has 0 atom stereocenters. The maximum absolute atomic E-state index is 13.1. The van der Waals surface area contributed by atoms with Crippen LogP contribution in [0, 0.1) is 6.92 Å². The highest BCUT2D eigenvalue weighted by atomic mass is 32.2. The fraction of sp³-hybridized carbons (Fsp3) is 0.106. The summed E-state index contributed by atoms with van der Waals surface area (Å²) < 4.78 is 38.1. The van der Waals surface area contributed by atoms with Crippen LogP contribution in [0.4, 0.5) is 0 Å². The fourth-order valence-electron chi connectivity index (χ4n) is 5.59. The molecule has 0 bridgehead atoms. The Balaban J connectivity index is 0.000000768. The van der Waals surface area contributed by atoms with Crippen molar-refractivity contribution in [2.45, 2.75) is 27.2 Å². The van der Waals surface area contributed by atoms with Crippen molar-refractivity contribution in [2.24, 2.45) is 0 Å². The number of ether oxygens (including phenoxy) is 2. The second kappa shape index (κ2) is 18.6. The van der Waals surface area contributed by atoms with Gasteiger partial charge in [0.05, 0.1) is 6.26 Å². The summed E-state index contributed by atoms with van der Waals surface area (Å²) in [6.45, 7) is 6.00. The molecule has 0 saturated heterocycles. The zero-order valence-corrected chi connectivity index (χ0v) is 31.9. The number of hydrogen-bond donors (Lipinski definition) is 1. The van der Waals surface area contributed by atoms with Crippen LogP contribution >= 0.6 is 0 Å². The molecule has 0 unspecified atom stereocenters. The first kappa shape index (κ1) is 39.8. The third-order valence-corrected chi connectivity index (χ3v) is 8.27. The van der Waals surface area contributed by atoms with Crippen molar-refractivity contribution in [2.75, 3.05) is 6.26 Å². The van der Waals surface area contributed by atoms with Gasteiger partial charge in [0, 0.05) is 22.3 Å². The molecule has 0 fully saturated rings. The van der Waals surface area contributed by atoms with E-state index in [4.69, 9.17) is 14.0 Å². The number of carbonyl (C=O) groups is 2. The van der Waals surface area contributed by atoms with Crippen LogP contribution in [0.15, 0.2) is 164 Å². The first-order chi connectivity index (χ1) is 26.5. The molecular weight excluding hydrogens is 709 g/mol. The molecule has 0 amide bonds. The number of carbonyl (C=O) groups excluding carboxylic acids is 2. The first-order valence-corrected chi connectivity index (χ1v) is 19.6. The Kier molecular flexibility index (Phi) is 13.5. The average molecular weight is 751 g/mol. The number of hydrogen-bond acceptors (Lipinski definition) is 6. The molecule has 1 N–H and O–H groups in total. The third kappa shape index (κ3) is 11.8. The lowest BCUT2D eigenvalue weighted by atomic mass is 9.99. The Morgan fingerprint density at radius 1 is 0.491 bits per heavy atom. The molecule has 55 heavy (non-hydrogen) atoms. The Morgan fingerprint density at radius 3 is 1.22 bits per heavy atom. The molecule has 7 aromatic rings. The lowest BCUT2D eigenvalue weighted by Crippen LogP contribution is -2.01. The van der Waals surface area contributed by atoms with E-state index in [9.17, 15) is 18.0 Å². The standard InChI is InChI=1S/C44H32O4.C2H6.CH4O3S/c1-30-7-11-33(12-8-30)43(45)35-15-21-39(22-16-35)47-41-25-19-38-29-42(26-20-37(38)28-41)48-40-23-17-36(18-24-40)44(46)34-13-9-32(10-14-34)27-31-5-3-2-4-6-31;1-2;1-5(2,3)4/h2-26,28-29H,27H2,1H3;1-2H3;1H3,(H,2,3,4). The van der Waals surface area contributed by atoms with Crippen molar-refractivity contribution in [3.05, 3.63) is 203 Å². The lowest BCUT2D eigenvalue weighted by molar-refractivity contribution is 0.103. The Labute approximate surface area is 322 Å². The summed E-state index contributed by atoms with van der Waals surface area (Å²) in [7, 11) is -3.67. The number of fused-ring (bicyclic) bond motifs is 1. The van der Waals surface area contributed by atoms with Gasteiger partial charge in [-0.05, 0) is 108 Å². The highest BCUT2D eigenvalue weighted by molar-refractivity contribution is 7.85. The van der Waals surface area contributed by atoms with Crippen LogP contribution in [0.25, 0.3) is 10.8 Å². The Hall–Kier alpha value is -6.35. The summed E-state index contributed by atoms with van der Waals surface area (Å²) in [6, 6.07) is 51.8. The van der Waals surface area contributed by atoms with Gasteiger partial charge >= 0.3 is 0 Å². The number of ketones is 2. The van der Waals surface area contributed by atoms with E-state index in [1.807, 2.05) is 148 Å². The van der Waals surface area contributed by atoms with Crippen LogP contribution in [0.5, 0.6) is 23.0 Å². The summed E-state index contributed by atoms with van der Waals surface area (Å²) in [5.74, 6) is 2.64. The van der Waals surface area contributed by atoms with Gasteiger partial charge in [0.2, 0.25) is 0 Å². The number of aryl methyl sites for hydroxylation is 1. The molecule has 278 valence electrons. The molecule has 8 heteroatoms. The molecule has 0 aromatic heterocycles. The van der Waals surface area contributed by atoms with Gasteiger partial charge in [0.15, 0.2) is 11.6 Å². The van der Waals surface area contributed by atoms with Crippen molar-refractivity contribution < 1.29 is 32.0 Å².